The van der Waals surface area contributed by atoms with Crippen molar-refractivity contribution in [2.45, 2.75) is 6.61 Å². The van der Waals surface area contributed by atoms with Crippen molar-refractivity contribution in [1.82, 2.24) is 10.4 Å². The van der Waals surface area contributed by atoms with Crippen molar-refractivity contribution in [3.05, 3.63) is 95.8 Å². The van der Waals surface area contributed by atoms with E-state index in [1.165, 1.54) is 0 Å². The highest BCUT2D eigenvalue weighted by molar-refractivity contribution is 5.93. The van der Waals surface area contributed by atoms with Gasteiger partial charge in [-0.3, -0.25) is 9.78 Å². The first-order valence-electron chi connectivity index (χ1n) is 7.82. The predicted molar refractivity (Wildman–Crippen MR) is 96.5 cm³/mol. The highest BCUT2D eigenvalue weighted by Crippen LogP contribution is 2.13. The van der Waals surface area contributed by atoms with Crippen LogP contribution in [0.2, 0.25) is 0 Å². The Kier molecular flexibility index (Phi) is 5.51. The van der Waals surface area contributed by atoms with E-state index in [0.717, 1.165) is 16.9 Å². The number of carbonyl (C=O) groups is 1. The van der Waals surface area contributed by atoms with Crippen molar-refractivity contribution in [3.8, 4) is 5.75 Å². The normalized spacial score (nSPS) is 10.6. The standard InChI is InChI=1S/C20H17N3O2/c24-20(19-8-4-5-13-21-19)23-22-14-16-9-11-18(12-10-16)25-15-17-6-2-1-3-7-17/h1-14H,15H2,(H,23,24)/b22-14-. The number of hydrogen-bond acceptors (Lipinski definition) is 4. The molecule has 0 unspecified atom stereocenters. The molecular formula is C20H17N3O2. The molecule has 2 aromatic carbocycles. The molecular weight excluding hydrogens is 314 g/mol. The Hall–Kier alpha value is -3.47. The molecule has 0 spiro atoms. The number of ether oxygens (including phenoxy) is 1. The Morgan fingerprint density at radius 3 is 2.48 bits per heavy atom. The van der Waals surface area contributed by atoms with Crippen molar-refractivity contribution in [3.63, 3.8) is 0 Å². The van der Waals surface area contributed by atoms with Crippen LogP contribution in [0.5, 0.6) is 5.75 Å². The van der Waals surface area contributed by atoms with Crippen molar-refractivity contribution in [2.75, 3.05) is 0 Å². The summed E-state index contributed by atoms with van der Waals surface area (Å²) in [4.78, 5) is 15.8. The van der Waals surface area contributed by atoms with Crippen LogP contribution >= 0.6 is 0 Å². The summed E-state index contributed by atoms with van der Waals surface area (Å²) >= 11 is 0. The average Bonchev–Trinajstić information content (AvgIpc) is 2.69. The first-order chi connectivity index (χ1) is 12.3. The number of pyridine rings is 1. The maximum atomic E-state index is 11.8. The predicted octanol–water partition coefficient (Wildman–Crippen LogP) is 3.42. The van der Waals surface area contributed by atoms with Gasteiger partial charge in [0.15, 0.2) is 0 Å². The second-order valence-corrected chi connectivity index (χ2v) is 5.26. The van der Waals surface area contributed by atoms with E-state index in [4.69, 9.17) is 4.74 Å². The third kappa shape index (κ3) is 5.00. The fourth-order valence-corrected chi connectivity index (χ4v) is 2.11. The Morgan fingerprint density at radius 2 is 1.76 bits per heavy atom. The van der Waals surface area contributed by atoms with Gasteiger partial charge in [0.25, 0.3) is 5.91 Å². The number of benzene rings is 2. The van der Waals surface area contributed by atoms with Gasteiger partial charge in [-0.25, -0.2) is 5.43 Å². The third-order valence-corrected chi connectivity index (χ3v) is 3.41. The van der Waals surface area contributed by atoms with Gasteiger partial charge in [-0.05, 0) is 47.5 Å². The molecule has 5 nitrogen and oxygen atoms in total. The Bertz CT molecular complexity index is 832. The van der Waals surface area contributed by atoms with Crippen LogP contribution in [0.25, 0.3) is 0 Å². The van der Waals surface area contributed by atoms with Gasteiger partial charge in [-0.2, -0.15) is 5.10 Å². The van der Waals surface area contributed by atoms with Crippen LogP contribution in [-0.2, 0) is 6.61 Å². The van der Waals surface area contributed by atoms with Crippen molar-refractivity contribution in [1.29, 1.82) is 0 Å². The van der Waals surface area contributed by atoms with Gasteiger partial charge in [-0.1, -0.05) is 36.4 Å². The van der Waals surface area contributed by atoms with Gasteiger partial charge in [0.05, 0.1) is 6.21 Å². The topological polar surface area (TPSA) is 63.6 Å². The van der Waals surface area contributed by atoms with Crippen molar-refractivity contribution < 1.29 is 9.53 Å². The molecule has 1 N–H and O–H groups in total. The summed E-state index contributed by atoms with van der Waals surface area (Å²) in [5.41, 5.74) is 4.74. The number of hydrogen-bond donors (Lipinski definition) is 1. The van der Waals surface area contributed by atoms with Crippen LogP contribution in [0.4, 0.5) is 0 Å². The highest BCUT2D eigenvalue weighted by Gasteiger charge is 2.03. The van der Waals surface area contributed by atoms with Gasteiger partial charge in [0, 0.05) is 6.20 Å². The van der Waals surface area contributed by atoms with Crippen LogP contribution in [0, 0.1) is 0 Å². The maximum Gasteiger partial charge on any atom is 0.289 e. The fourth-order valence-electron chi connectivity index (χ4n) is 2.11. The lowest BCUT2D eigenvalue weighted by molar-refractivity contribution is 0.0950. The Morgan fingerprint density at radius 1 is 1.00 bits per heavy atom. The monoisotopic (exact) mass is 331 g/mol. The number of rotatable bonds is 6. The number of hydrazone groups is 1. The summed E-state index contributed by atoms with van der Waals surface area (Å²) in [6.45, 7) is 0.522. The molecule has 0 aliphatic carbocycles. The van der Waals surface area contributed by atoms with E-state index in [1.807, 2.05) is 54.6 Å². The highest BCUT2D eigenvalue weighted by atomic mass is 16.5. The molecule has 1 aromatic heterocycles. The molecule has 0 bridgehead atoms. The number of nitrogens with zero attached hydrogens (tertiary/aromatic N) is 2. The molecule has 124 valence electrons. The lowest BCUT2D eigenvalue weighted by Gasteiger charge is -2.06. The van der Waals surface area contributed by atoms with Gasteiger partial charge >= 0.3 is 0 Å². The van der Waals surface area contributed by atoms with Gasteiger partial charge < -0.3 is 4.74 Å². The molecule has 0 aliphatic heterocycles. The maximum absolute atomic E-state index is 11.8. The zero-order chi connectivity index (χ0) is 17.3. The smallest absolute Gasteiger partial charge is 0.289 e. The average molecular weight is 331 g/mol. The summed E-state index contributed by atoms with van der Waals surface area (Å²) in [5.74, 6) is 0.429. The molecule has 0 saturated carbocycles. The van der Waals surface area contributed by atoms with Gasteiger partial charge in [-0.15, -0.1) is 0 Å². The molecule has 5 heteroatoms. The minimum absolute atomic E-state index is 0.323. The third-order valence-electron chi connectivity index (χ3n) is 3.41. The van der Waals surface area contributed by atoms with Crippen LogP contribution in [0.3, 0.4) is 0 Å². The Balaban J connectivity index is 1.51. The van der Waals surface area contributed by atoms with E-state index in [2.05, 4.69) is 15.5 Å². The van der Waals surface area contributed by atoms with E-state index >= 15 is 0 Å². The molecule has 0 atom stereocenters. The second kappa shape index (κ2) is 8.40. The first-order valence-corrected chi connectivity index (χ1v) is 7.82. The second-order valence-electron chi connectivity index (χ2n) is 5.26. The molecule has 1 heterocycles. The van der Waals surface area contributed by atoms with Crippen LogP contribution in [0.1, 0.15) is 21.6 Å². The number of carbonyl (C=O) groups excluding carboxylic acids is 1. The van der Waals surface area contributed by atoms with E-state index in [1.54, 1.807) is 30.6 Å². The number of nitrogens with one attached hydrogen (secondary N) is 1. The number of amides is 1. The molecule has 3 rings (SSSR count). The molecule has 3 aromatic rings. The summed E-state index contributed by atoms with van der Waals surface area (Å²) < 4.78 is 5.73. The van der Waals surface area contributed by atoms with Gasteiger partial charge in [0.1, 0.15) is 18.1 Å². The first kappa shape index (κ1) is 16.4. The van der Waals surface area contributed by atoms with E-state index in [9.17, 15) is 4.79 Å². The summed E-state index contributed by atoms with van der Waals surface area (Å²) in [5, 5.41) is 3.94. The fraction of sp³-hybridized carbons (Fsp3) is 0.0500. The molecule has 1 amide bonds. The van der Waals surface area contributed by atoms with Crippen LogP contribution in [0.15, 0.2) is 84.1 Å². The van der Waals surface area contributed by atoms with E-state index < -0.39 is 0 Å². The minimum Gasteiger partial charge on any atom is -0.489 e. The summed E-state index contributed by atoms with van der Waals surface area (Å²) in [7, 11) is 0. The number of aromatic nitrogens is 1. The summed E-state index contributed by atoms with van der Waals surface area (Å²) in [6, 6.07) is 22.6. The lowest BCUT2D eigenvalue weighted by Crippen LogP contribution is -2.18. The minimum atomic E-state index is -0.348. The van der Waals surface area contributed by atoms with E-state index in [-0.39, 0.29) is 5.91 Å². The molecule has 0 saturated heterocycles. The van der Waals surface area contributed by atoms with E-state index in [0.29, 0.717) is 12.3 Å². The summed E-state index contributed by atoms with van der Waals surface area (Å²) in [6.07, 6.45) is 3.13. The largest absolute Gasteiger partial charge is 0.489 e. The SMILES string of the molecule is O=C(N/N=C\c1ccc(OCc2ccccc2)cc1)c1ccccn1. The lowest BCUT2D eigenvalue weighted by atomic mass is 10.2. The van der Waals surface area contributed by atoms with Crippen molar-refractivity contribution in [2.24, 2.45) is 5.10 Å². The van der Waals surface area contributed by atoms with Gasteiger partial charge in [0.2, 0.25) is 0 Å². The quantitative estimate of drug-likeness (QED) is 0.556. The molecule has 0 radical (unpaired) electrons. The molecule has 0 aliphatic rings. The molecule has 25 heavy (non-hydrogen) atoms. The van der Waals surface area contributed by atoms with Crippen LogP contribution in [-0.4, -0.2) is 17.1 Å². The Labute approximate surface area is 146 Å². The molecule has 0 fully saturated rings. The van der Waals surface area contributed by atoms with Crippen molar-refractivity contribution >= 4 is 12.1 Å². The zero-order valence-corrected chi connectivity index (χ0v) is 13.5. The zero-order valence-electron chi connectivity index (χ0n) is 13.5. The van der Waals surface area contributed by atoms with Crippen LogP contribution < -0.4 is 10.2 Å².